The van der Waals surface area contributed by atoms with Crippen molar-refractivity contribution in [3.63, 3.8) is 0 Å². The Morgan fingerprint density at radius 1 is 1.20 bits per heavy atom. The molecule has 0 bridgehead atoms. The van der Waals surface area contributed by atoms with Crippen LogP contribution in [0.25, 0.3) is 0 Å². The predicted octanol–water partition coefficient (Wildman–Crippen LogP) is 3.01. The smallest absolute Gasteiger partial charge is 0.406 e. The lowest BCUT2D eigenvalue weighted by Gasteiger charge is -2.55. The highest BCUT2D eigenvalue weighted by Crippen LogP contribution is 2.46. The molecule has 0 aromatic heterocycles. The van der Waals surface area contributed by atoms with Crippen molar-refractivity contribution in [1.29, 1.82) is 0 Å². The first-order valence-corrected chi connectivity index (χ1v) is 8.77. The molecule has 0 spiro atoms. The maximum atomic E-state index is 12.3. The molecule has 2 fully saturated rings. The maximum absolute atomic E-state index is 12.3. The summed E-state index contributed by atoms with van der Waals surface area (Å²) in [6, 6.07) is 6.13. The van der Waals surface area contributed by atoms with Gasteiger partial charge < -0.3 is 15.6 Å². The summed E-state index contributed by atoms with van der Waals surface area (Å²) in [6.07, 6.45) is -1.19. The number of hydrogen-bond donors (Lipinski definition) is 2. The first-order valence-electron chi connectivity index (χ1n) is 8.77. The Bertz CT molecular complexity index is 585. The number of rotatable bonds is 4. The summed E-state index contributed by atoms with van der Waals surface area (Å²) >= 11 is 0. The Morgan fingerprint density at radius 2 is 1.80 bits per heavy atom. The van der Waals surface area contributed by atoms with Crippen LogP contribution in [0.3, 0.4) is 0 Å². The van der Waals surface area contributed by atoms with Gasteiger partial charge in [-0.3, -0.25) is 4.90 Å². The zero-order valence-corrected chi connectivity index (χ0v) is 14.3. The standard InChI is InChI=1S/C18H25F3N2O2/c1-12(13-2-4-15(5-3-13)25-18(19,20)21)17(24)9-6-16(17)23-10-7-14(22)8-11-23/h2-5,12,14,16,24H,6-11,22H2,1H3. The first kappa shape index (κ1) is 18.5. The molecule has 1 aromatic rings. The molecule has 1 saturated carbocycles. The van der Waals surface area contributed by atoms with Gasteiger partial charge in [0.05, 0.1) is 5.60 Å². The van der Waals surface area contributed by atoms with Crippen LogP contribution in [0.15, 0.2) is 24.3 Å². The van der Waals surface area contributed by atoms with Crippen LogP contribution in [0.1, 0.15) is 44.1 Å². The van der Waals surface area contributed by atoms with E-state index in [4.69, 9.17) is 5.73 Å². The highest BCUT2D eigenvalue weighted by Gasteiger charge is 2.52. The van der Waals surface area contributed by atoms with Crippen LogP contribution in [0.5, 0.6) is 5.75 Å². The topological polar surface area (TPSA) is 58.7 Å². The summed E-state index contributed by atoms with van der Waals surface area (Å²) in [7, 11) is 0. The average molecular weight is 358 g/mol. The Balaban J connectivity index is 1.68. The largest absolute Gasteiger partial charge is 0.573 e. The van der Waals surface area contributed by atoms with E-state index in [0.29, 0.717) is 6.42 Å². The molecule has 3 atom stereocenters. The third kappa shape index (κ3) is 3.93. The highest BCUT2D eigenvalue weighted by molar-refractivity contribution is 5.32. The van der Waals surface area contributed by atoms with Gasteiger partial charge in [-0.15, -0.1) is 13.2 Å². The van der Waals surface area contributed by atoms with Gasteiger partial charge in [0.1, 0.15) is 5.75 Å². The molecular weight excluding hydrogens is 333 g/mol. The van der Waals surface area contributed by atoms with Crippen LogP contribution < -0.4 is 10.5 Å². The van der Waals surface area contributed by atoms with E-state index in [1.165, 1.54) is 12.1 Å². The monoisotopic (exact) mass is 358 g/mol. The van der Waals surface area contributed by atoms with Crippen LogP contribution in [-0.4, -0.2) is 47.1 Å². The average Bonchev–Trinajstić information content (AvgIpc) is 2.54. The van der Waals surface area contributed by atoms with Gasteiger partial charge in [0, 0.05) is 31.1 Å². The molecule has 1 aliphatic carbocycles. The predicted molar refractivity (Wildman–Crippen MR) is 88.3 cm³/mol. The van der Waals surface area contributed by atoms with E-state index in [0.717, 1.165) is 37.9 Å². The number of likely N-dealkylation sites (tertiary alicyclic amines) is 1. The van der Waals surface area contributed by atoms with Gasteiger partial charge in [0.2, 0.25) is 0 Å². The zero-order valence-electron chi connectivity index (χ0n) is 14.3. The number of nitrogens with zero attached hydrogens (tertiary/aromatic N) is 1. The molecule has 2 aliphatic rings. The SMILES string of the molecule is CC(c1ccc(OC(F)(F)F)cc1)C1(O)CCC1N1CCC(N)CC1. The van der Waals surface area contributed by atoms with Crippen LogP contribution >= 0.6 is 0 Å². The third-order valence-electron chi connectivity index (χ3n) is 5.77. The molecule has 140 valence electrons. The lowest BCUT2D eigenvalue weighted by Crippen LogP contribution is -2.64. The minimum Gasteiger partial charge on any atom is -0.406 e. The Labute approximate surface area is 145 Å². The molecule has 0 amide bonds. The fraction of sp³-hybridized carbons (Fsp3) is 0.667. The van der Waals surface area contributed by atoms with Crippen LogP contribution in [0.2, 0.25) is 0 Å². The van der Waals surface area contributed by atoms with Gasteiger partial charge >= 0.3 is 6.36 Å². The van der Waals surface area contributed by atoms with E-state index in [1.54, 1.807) is 12.1 Å². The van der Waals surface area contributed by atoms with E-state index in [2.05, 4.69) is 9.64 Å². The van der Waals surface area contributed by atoms with Crippen LogP contribution in [0.4, 0.5) is 13.2 Å². The van der Waals surface area contributed by atoms with Crippen LogP contribution in [0, 0.1) is 0 Å². The second-order valence-electron chi connectivity index (χ2n) is 7.26. The van der Waals surface area contributed by atoms with Gasteiger partial charge in [0.25, 0.3) is 0 Å². The molecule has 25 heavy (non-hydrogen) atoms. The Kier molecular flexibility index (Phi) is 5.01. The first-order chi connectivity index (χ1) is 11.7. The normalized spacial score (nSPS) is 29.9. The molecule has 1 saturated heterocycles. The van der Waals surface area contributed by atoms with Gasteiger partial charge in [0.15, 0.2) is 0 Å². The lowest BCUT2D eigenvalue weighted by atomic mass is 9.64. The minimum atomic E-state index is -4.69. The van der Waals surface area contributed by atoms with E-state index in [1.807, 2.05) is 6.92 Å². The summed E-state index contributed by atoms with van der Waals surface area (Å²) in [5.41, 5.74) is 5.91. The van der Waals surface area contributed by atoms with Crippen molar-refractivity contribution in [2.24, 2.45) is 5.73 Å². The Morgan fingerprint density at radius 3 is 2.28 bits per heavy atom. The fourth-order valence-corrected chi connectivity index (χ4v) is 4.05. The van der Waals surface area contributed by atoms with E-state index >= 15 is 0 Å². The summed E-state index contributed by atoms with van der Waals surface area (Å²) in [5.74, 6) is -0.410. The van der Waals surface area contributed by atoms with Crippen molar-refractivity contribution >= 4 is 0 Å². The summed E-state index contributed by atoms with van der Waals surface area (Å²) in [6.45, 7) is 3.71. The molecule has 7 heteroatoms. The summed E-state index contributed by atoms with van der Waals surface area (Å²) in [5, 5.41) is 11.2. The van der Waals surface area contributed by atoms with Crippen molar-refractivity contribution in [1.82, 2.24) is 4.90 Å². The molecule has 3 unspecified atom stereocenters. The molecule has 3 N–H and O–H groups in total. The van der Waals surface area contributed by atoms with Gasteiger partial charge in [-0.2, -0.15) is 0 Å². The number of aliphatic hydroxyl groups is 1. The molecule has 0 radical (unpaired) electrons. The summed E-state index contributed by atoms with van der Waals surface area (Å²) in [4.78, 5) is 2.31. The molecule has 1 heterocycles. The van der Waals surface area contributed by atoms with Crippen LogP contribution in [-0.2, 0) is 0 Å². The number of hydrogen-bond acceptors (Lipinski definition) is 4. The number of piperidine rings is 1. The number of ether oxygens (including phenoxy) is 1. The van der Waals surface area contributed by atoms with Crippen molar-refractivity contribution in [3.05, 3.63) is 29.8 Å². The van der Waals surface area contributed by atoms with Crippen molar-refractivity contribution in [2.75, 3.05) is 13.1 Å². The maximum Gasteiger partial charge on any atom is 0.573 e. The quantitative estimate of drug-likeness (QED) is 0.869. The molecule has 1 aromatic carbocycles. The van der Waals surface area contributed by atoms with Crippen molar-refractivity contribution < 1.29 is 23.0 Å². The van der Waals surface area contributed by atoms with E-state index in [9.17, 15) is 18.3 Å². The van der Waals surface area contributed by atoms with Gasteiger partial charge in [-0.25, -0.2) is 0 Å². The lowest BCUT2D eigenvalue weighted by molar-refractivity contribution is -0.274. The van der Waals surface area contributed by atoms with E-state index < -0.39 is 12.0 Å². The van der Waals surface area contributed by atoms with Crippen molar-refractivity contribution in [2.45, 2.75) is 62.6 Å². The third-order valence-corrected chi connectivity index (χ3v) is 5.77. The highest BCUT2D eigenvalue weighted by atomic mass is 19.4. The number of nitrogens with two attached hydrogens (primary N) is 1. The van der Waals surface area contributed by atoms with Crippen molar-refractivity contribution in [3.8, 4) is 5.75 Å². The summed E-state index contributed by atoms with van der Waals surface area (Å²) < 4.78 is 40.7. The number of alkyl halides is 3. The molecular formula is C18H25F3N2O2. The number of benzene rings is 1. The second-order valence-corrected chi connectivity index (χ2v) is 7.26. The number of halogens is 3. The molecule has 3 rings (SSSR count). The Hall–Kier alpha value is -1.31. The second kappa shape index (κ2) is 6.78. The van der Waals surface area contributed by atoms with Gasteiger partial charge in [-0.1, -0.05) is 19.1 Å². The van der Waals surface area contributed by atoms with Gasteiger partial charge in [-0.05, 0) is 43.4 Å². The fourth-order valence-electron chi connectivity index (χ4n) is 4.05. The van der Waals surface area contributed by atoms with E-state index in [-0.39, 0.29) is 23.8 Å². The minimum absolute atomic E-state index is 0.0844. The molecule has 4 nitrogen and oxygen atoms in total. The zero-order chi connectivity index (χ0) is 18.2. The molecule has 1 aliphatic heterocycles.